The molecular formula is C11H15N4O6+. The number of nitrogens with zero attached hydrogens (tertiary/aromatic N) is 2. The van der Waals surface area contributed by atoms with Gasteiger partial charge < -0.3 is 20.1 Å². The van der Waals surface area contributed by atoms with Crippen molar-refractivity contribution in [2.45, 2.75) is 24.5 Å². The Bertz CT molecular complexity index is 792. The highest BCUT2D eigenvalue weighted by Crippen LogP contribution is 2.25. The summed E-state index contributed by atoms with van der Waals surface area (Å²) in [6.45, 7) is -0.461. The zero-order chi connectivity index (χ0) is 15.3. The van der Waals surface area contributed by atoms with Gasteiger partial charge in [-0.2, -0.15) is 0 Å². The number of rotatable bonds is 2. The van der Waals surface area contributed by atoms with Crippen molar-refractivity contribution in [3.05, 3.63) is 27.2 Å². The Labute approximate surface area is 116 Å². The molecule has 4 atom stereocenters. The van der Waals surface area contributed by atoms with Gasteiger partial charge in [-0.1, -0.05) is 0 Å². The second kappa shape index (κ2) is 4.77. The van der Waals surface area contributed by atoms with Crippen molar-refractivity contribution in [3.8, 4) is 0 Å². The van der Waals surface area contributed by atoms with Crippen LogP contribution < -0.4 is 15.8 Å². The SMILES string of the molecule is Cn1c[n+](C2OC(CO)C(O)C2O)c2[nH]c(=O)[nH]c(=O)c21. The highest BCUT2D eigenvalue weighted by atomic mass is 16.6. The first-order chi connectivity index (χ1) is 9.93. The van der Waals surface area contributed by atoms with Crippen molar-refractivity contribution in [1.82, 2.24) is 14.5 Å². The van der Waals surface area contributed by atoms with E-state index in [0.717, 1.165) is 0 Å². The molecule has 2 aromatic rings. The van der Waals surface area contributed by atoms with Gasteiger partial charge in [0.1, 0.15) is 18.3 Å². The van der Waals surface area contributed by atoms with Gasteiger partial charge in [-0.15, -0.1) is 0 Å². The maximum absolute atomic E-state index is 11.8. The first kappa shape index (κ1) is 13.9. The summed E-state index contributed by atoms with van der Waals surface area (Å²) in [7, 11) is 1.59. The van der Waals surface area contributed by atoms with Crippen molar-refractivity contribution < 1.29 is 24.6 Å². The fourth-order valence-corrected chi connectivity index (χ4v) is 2.59. The quantitative estimate of drug-likeness (QED) is 0.363. The van der Waals surface area contributed by atoms with Gasteiger partial charge in [-0.25, -0.2) is 14.3 Å². The Hall–Kier alpha value is -2.01. The fourth-order valence-electron chi connectivity index (χ4n) is 2.59. The topological polar surface area (TPSA) is 144 Å². The summed E-state index contributed by atoms with van der Waals surface area (Å²) >= 11 is 0. The van der Waals surface area contributed by atoms with Crippen LogP contribution in [-0.2, 0) is 11.8 Å². The summed E-state index contributed by atoms with van der Waals surface area (Å²) in [5, 5.41) is 28.9. The number of fused-ring (bicyclic) bond motifs is 1. The third-order valence-electron chi connectivity index (χ3n) is 3.60. The summed E-state index contributed by atoms with van der Waals surface area (Å²) in [5.74, 6) is 0. The summed E-state index contributed by atoms with van der Waals surface area (Å²) in [6, 6.07) is 0. The number of hydrogen-bond donors (Lipinski definition) is 5. The van der Waals surface area contributed by atoms with Crippen molar-refractivity contribution in [2.24, 2.45) is 7.05 Å². The molecule has 21 heavy (non-hydrogen) atoms. The van der Waals surface area contributed by atoms with Gasteiger partial charge in [0.2, 0.25) is 11.7 Å². The van der Waals surface area contributed by atoms with E-state index in [4.69, 9.17) is 9.84 Å². The molecule has 0 bridgehead atoms. The molecule has 10 heteroatoms. The molecule has 4 unspecified atom stereocenters. The Kier molecular flexibility index (Phi) is 3.17. The maximum Gasteiger partial charge on any atom is 0.384 e. The largest absolute Gasteiger partial charge is 0.394 e. The van der Waals surface area contributed by atoms with Crippen LogP contribution in [0.2, 0.25) is 0 Å². The Morgan fingerprint density at radius 1 is 1.33 bits per heavy atom. The van der Waals surface area contributed by atoms with Crippen LogP contribution >= 0.6 is 0 Å². The number of hydrogen-bond acceptors (Lipinski definition) is 6. The number of aliphatic hydroxyl groups excluding tert-OH is 3. The summed E-state index contributed by atoms with van der Waals surface area (Å²) in [5.41, 5.74) is -0.936. The smallest absolute Gasteiger partial charge is 0.384 e. The van der Waals surface area contributed by atoms with Crippen LogP contribution in [-0.4, -0.2) is 54.8 Å². The molecule has 1 aliphatic rings. The van der Waals surface area contributed by atoms with Crippen molar-refractivity contribution in [3.63, 3.8) is 0 Å². The predicted molar refractivity (Wildman–Crippen MR) is 67.4 cm³/mol. The van der Waals surface area contributed by atoms with E-state index in [0.29, 0.717) is 0 Å². The van der Waals surface area contributed by atoms with Gasteiger partial charge in [0.05, 0.1) is 13.7 Å². The lowest BCUT2D eigenvalue weighted by Crippen LogP contribution is -2.46. The third kappa shape index (κ3) is 2.00. The van der Waals surface area contributed by atoms with Crippen LogP contribution in [0.1, 0.15) is 6.23 Å². The molecule has 114 valence electrons. The highest BCUT2D eigenvalue weighted by molar-refractivity contribution is 5.65. The van der Waals surface area contributed by atoms with Gasteiger partial charge in [0.15, 0.2) is 6.33 Å². The van der Waals surface area contributed by atoms with E-state index >= 15 is 0 Å². The summed E-state index contributed by atoms with van der Waals surface area (Å²) in [6.07, 6.45) is -3.09. The average Bonchev–Trinajstić information content (AvgIpc) is 2.89. The van der Waals surface area contributed by atoms with Crippen LogP contribution in [0.25, 0.3) is 11.2 Å². The van der Waals surface area contributed by atoms with Crippen LogP contribution in [0.3, 0.4) is 0 Å². The zero-order valence-electron chi connectivity index (χ0n) is 11.1. The molecule has 0 spiro atoms. The average molecular weight is 299 g/mol. The molecule has 3 rings (SSSR count). The monoisotopic (exact) mass is 299 g/mol. The summed E-state index contributed by atoms with van der Waals surface area (Å²) in [4.78, 5) is 27.8. The Balaban J connectivity index is 2.18. The maximum atomic E-state index is 11.8. The number of aromatic amines is 2. The molecule has 2 aromatic heterocycles. The number of H-pyrrole nitrogens is 2. The minimum atomic E-state index is -1.31. The third-order valence-corrected chi connectivity index (χ3v) is 3.60. The zero-order valence-corrected chi connectivity index (χ0v) is 11.1. The second-order valence-corrected chi connectivity index (χ2v) is 4.97. The highest BCUT2D eigenvalue weighted by Gasteiger charge is 2.46. The number of aliphatic hydroxyl groups is 3. The number of nitrogens with one attached hydrogen (secondary N) is 2. The van der Waals surface area contributed by atoms with Crippen LogP contribution in [0.4, 0.5) is 0 Å². The number of aromatic nitrogens is 4. The van der Waals surface area contributed by atoms with Crippen molar-refractivity contribution in [2.75, 3.05) is 6.61 Å². The number of aryl methyl sites for hydroxylation is 1. The fraction of sp³-hybridized carbons (Fsp3) is 0.545. The second-order valence-electron chi connectivity index (χ2n) is 4.97. The van der Waals surface area contributed by atoms with E-state index in [2.05, 4.69) is 9.97 Å². The van der Waals surface area contributed by atoms with Crippen LogP contribution in [0.15, 0.2) is 15.9 Å². The minimum absolute atomic E-state index is 0.154. The van der Waals surface area contributed by atoms with Crippen LogP contribution in [0, 0.1) is 0 Å². The molecule has 3 heterocycles. The molecule has 0 saturated carbocycles. The van der Waals surface area contributed by atoms with E-state index in [1.165, 1.54) is 15.5 Å². The minimum Gasteiger partial charge on any atom is -0.394 e. The van der Waals surface area contributed by atoms with Gasteiger partial charge in [0.25, 0.3) is 11.2 Å². The summed E-state index contributed by atoms with van der Waals surface area (Å²) < 4.78 is 8.19. The standard InChI is InChI=1S/C11H14N4O6/c1-14-3-15(8-5(14)9(19)13-11(20)12-8)10-7(18)6(17)4(2-16)21-10/h3-4,6-7,10,16-18H,2H2,1H3,(H-,12,13,19,20)/p+1. The molecule has 0 radical (unpaired) electrons. The molecule has 1 saturated heterocycles. The molecule has 1 fully saturated rings. The predicted octanol–water partition coefficient (Wildman–Crippen LogP) is -3.55. The van der Waals surface area contributed by atoms with E-state index in [9.17, 15) is 19.8 Å². The lowest BCUT2D eigenvalue weighted by atomic mass is 10.1. The van der Waals surface area contributed by atoms with Gasteiger partial charge in [-0.3, -0.25) is 14.3 Å². The van der Waals surface area contributed by atoms with Crippen molar-refractivity contribution >= 4 is 11.2 Å². The van der Waals surface area contributed by atoms with E-state index in [1.54, 1.807) is 7.05 Å². The normalized spacial score (nSPS) is 29.3. The lowest BCUT2D eigenvalue weighted by molar-refractivity contribution is -0.746. The van der Waals surface area contributed by atoms with Gasteiger partial charge in [0, 0.05) is 0 Å². The number of ether oxygens (including phenoxy) is 1. The molecular weight excluding hydrogens is 284 g/mol. The molecule has 0 aliphatic carbocycles. The van der Waals surface area contributed by atoms with Gasteiger partial charge in [-0.05, 0) is 0 Å². The van der Waals surface area contributed by atoms with E-state index < -0.39 is 42.4 Å². The lowest BCUT2D eigenvalue weighted by Gasteiger charge is -2.12. The first-order valence-corrected chi connectivity index (χ1v) is 6.29. The first-order valence-electron chi connectivity index (χ1n) is 6.29. The molecule has 10 nitrogen and oxygen atoms in total. The van der Waals surface area contributed by atoms with Gasteiger partial charge >= 0.3 is 5.69 Å². The molecule has 0 amide bonds. The number of imidazole rings is 1. The Morgan fingerprint density at radius 3 is 2.67 bits per heavy atom. The molecule has 0 aromatic carbocycles. The van der Waals surface area contributed by atoms with E-state index in [1.807, 2.05) is 0 Å². The van der Waals surface area contributed by atoms with Crippen LogP contribution in [0.5, 0.6) is 0 Å². The van der Waals surface area contributed by atoms with Crippen molar-refractivity contribution in [1.29, 1.82) is 0 Å². The Morgan fingerprint density at radius 2 is 2.05 bits per heavy atom. The molecule has 1 aliphatic heterocycles. The van der Waals surface area contributed by atoms with E-state index in [-0.39, 0.29) is 11.2 Å². The molecule has 5 N–H and O–H groups in total.